The largest absolute Gasteiger partial charge is 0.496 e. The Bertz CT molecular complexity index is 1380. The number of aliphatic hydroxyl groups is 1. The first kappa shape index (κ1) is 25.1. The van der Waals surface area contributed by atoms with Crippen LogP contribution in [-0.4, -0.2) is 77.7 Å². The van der Waals surface area contributed by atoms with E-state index in [4.69, 9.17) is 26.2 Å². The van der Waals surface area contributed by atoms with Gasteiger partial charge in [0.25, 0.3) is 0 Å². The lowest BCUT2D eigenvalue weighted by Crippen LogP contribution is -2.48. The molecule has 1 aliphatic heterocycles. The molecule has 1 fully saturated rings. The van der Waals surface area contributed by atoms with E-state index in [9.17, 15) is 5.11 Å². The number of aromatic nitrogens is 3. The molecule has 10 heteroatoms. The van der Waals surface area contributed by atoms with Crippen molar-refractivity contribution in [3.8, 4) is 22.8 Å². The van der Waals surface area contributed by atoms with Crippen molar-refractivity contribution in [1.29, 1.82) is 0 Å². The van der Waals surface area contributed by atoms with Gasteiger partial charge in [-0.1, -0.05) is 11.6 Å². The summed E-state index contributed by atoms with van der Waals surface area (Å²) < 4.78 is 13.1. The zero-order valence-corrected chi connectivity index (χ0v) is 21.9. The number of halogens is 1. The van der Waals surface area contributed by atoms with E-state index in [1.54, 1.807) is 26.5 Å². The minimum atomic E-state index is -0.311. The lowest BCUT2D eigenvalue weighted by atomic mass is 10.1. The Morgan fingerprint density at radius 3 is 2.51 bits per heavy atom. The van der Waals surface area contributed by atoms with Crippen molar-refractivity contribution in [1.82, 2.24) is 19.5 Å². The van der Waals surface area contributed by atoms with Crippen molar-refractivity contribution < 1.29 is 14.6 Å². The van der Waals surface area contributed by atoms with Crippen LogP contribution in [0.15, 0.2) is 54.7 Å². The summed E-state index contributed by atoms with van der Waals surface area (Å²) in [6.07, 6.45) is 1.46. The van der Waals surface area contributed by atoms with E-state index in [1.165, 1.54) is 0 Å². The summed E-state index contributed by atoms with van der Waals surface area (Å²) >= 11 is 6.27. The predicted octanol–water partition coefficient (Wildman–Crippen LogP) is 4.31. The number of ether oxygens (including phenoxy) is 2. The van der Waals surface area contributed by atoms with Crippen LogP contribution in [0, 0.1) is 0 Å². The fourth-order valence-electron chi connectivity index (χ4n) is 4.71. The Morgan fingerprint density at radius 2 is 1.78 bits per heavy atom. The number of nitrogens with zero attached hydrogens (tertiary/aromatic N) is 5. The maximum Gasteiger partial charge on any atom is 0.245 e. The number of benzene rings is 2. The van der Waals surface area contributed by atoms with Crippen LogP contribution >= 0.6 is 11.6 Å². The molecule has 0 radical (unpaired) electrons. The Balaban J connectivity index is 1.38. The molecule has 0 amide bonds. The third kappa shape index (κ3) is 5.44. The molecule has 37 heavy (non-hydrogen) atoms. The highest BCUT2D eigenvalue weighted by molar-refractivity contribution is 6.31. The van der Waals surface area contributed by atoms with Crippen LogP contribution in [-0.2, 0) is 0 Å². The standard InChI is InChI=1S/C27H31ClN6O3/c1-18(35)17-32-10-12-33(13-11-32)20-5-7-23(26(15-20)37-3)30-27-29-16-21-6-8-24(34(21)31-27)22-14-19(28)4-9-25(22)36-2/h4-9,14-16,18,35H,10-13,17H2,1-3H3,(H,30,31)/t18-/m1/s1. The van der Waals surface area contributed by atoms with E-state index in [0.717, 1.165) is 54.3 Å². The number of hydrogen-bond donors (Lipinski definition) is 2. The second-order valence-corrected chi connectivity index (χ2v) is 9.56. The number of nitrogens with one attached hydrogen (secondary N) is 1. The second kappa shape index (κ2) is 10.8. The highest BCUT2D eigenvalue weighted by Gasteiger charge is 2.20. The zero-order chi connectivity index (χ0) is 25.9. The molecule has 9 nitrogen and oxygen atoms in total. The fraction of sp³-hybridized carbons (Fsp3) is 0.333. The average Bonchev–Trinajstić information content (AvgIpc) is 3.32. The van der Waals surface area contributed by atoms with E-state index < -0.39 is 0 Å². The minimum Gasteiger partial charge on any atom is -0.496 e. The Morgan fingerprint density at radius 1 is 1.00 bits per heavy atom. The van der Waals surface area contributed by atoms with Gasteiger partial charge in [0.2, 0.25) is 5.95 Å². The van der Waals surface area contributed by atoms with Gasteiger partial charge in [0.15, 0.2) is 0 Å². The molecule has 2 N–H and O–H groups in total. The number of aliphatic hydroxyl groups excluding tert-OH is 1. The molecule has 1 aliphatic rings. The number of rotatable bonds is 8. The van der Waals surface area contributed by atoms with Crippen molar-refractivity contribution in [2.75, 3.05) is 57.2 Å². The van der Waals surface area contributed by atoms with Crippen LogP contribution in [0.1, 0.15) is 6.92 Å². The molecule has 1 atom stereocenters. The molecule has 0 aliphatic carbocycles. The van der Waals surface area contributed by atoms with Gasteiger partial charge in [-0.3, -0.25) is 4.90 Å². The van der Waals surface area contributed by atoms with Crippen LogP contribution in [0.3, 0.4) is 0 Å². The van der Waals surface area contributed by atoms with Gasteiger partial charge in [-0.05, 0) is 49.4 Å². The summed E-state index contributed by atoms with van der Waals surface area (Å²) in [5, 5.41) is 18.3. The Kier molecular flexibility index (Phi) is 7.36. The smallest absolute Gasteiger partial charge is 0.245 e. The summed E-state index contributed by atoms with van der Waals surface area (Å²) in [6.45, 7) is 6.15. The molecule has 0 bridgehead atoms. The summed E-state index contributed by atoms with van der Waals surface area (Å²) in [7, 11) is 3.29. The number of piperazine rings is 1. The summed E-state index contributed by atoms with van der Waals surface area (Å²) in [5.41, 5.74) is 4.40. The maximum absolute atomic E-state index is 9.66. The first-order valence-electron chi connectivity index (χ1n) is 12.2. The molecule has 4 aromatic rings. The third-order valence-electron chi connectivity index (χ3n) is 6.53. The molecule has 2 aromatic heterocycles. The molecule has 1 saturated heterocycles. The minimum absolute atomic E-state index is 0.311. The quantitative estimate of drug-likeness (QED) is 0.354. The van der Waals surface area contributed by atoms with Gasteiger partial charge in [0.05, 0.1) is 43.4 Å². The normalized spacial score (nSPS) is 15.1. The van der Waals surface area contributed by atoms with E-state index in [-0.39, 0.29) is 6.10 Å². The summed E-state index contributed by atoms with van der Waals surface area (Å²) in [5.74, 6) is 1.85. The summed E-state index contributed by atoms with van der Waals surface area (Å²) in [6, 6.07) is 15.5. The Hall–Kier alpha value is -3.53. The first-order valence-corrected chi connectivity index (χ1v) is 12.6. The molecule has 2 aromatic carbocycles. The third-order valence-corrected chi connectivity index (χ3v) is 6.76. The lowest BCUT2D eigenvalue weighted by Gasteiger charge is -2.36. The molecule has 0 unspecified atom stereocenters. The van der Waals surface area contributed by atoms with Crippen LogP contribution in [0.5, 0.6) is 11.5 Å². The van der Waals surface area contributed by atoms with Crippen LogP contribution in [0.2, 0.25) is 5.02 Å². The lowest BCUT2D eigenvalue weighted by molar-refractivity contribution is 0.122. The molecule has 0 saturated carbocycles. The molecular formula is C27H31ClN6O3. The SMILES string of the molecule is COc1cc(N2CCN(C[C@@H](C)O)CC2)ccc1Nc1ncc2ccc(-c3cc(Cl)ccc3OC)n2n1. The van der Waals surface area contributed by atoms with Crippen molar-refractivity contribution in [2.24, 2.45) is 0 Å². The van der Waals surface area contributed by atoms with Crippen LogP contribution in [0.4, 0.5) is 17.3 Å². The highest BCUT2D eigenvalue weighted by atomic mass is 35.5. The first-order chi connectivity index (χ1) is 17.9. The molecule has 3 heterocycles. The number of fused-ring (bicyclic) bond motifs is 1. The van der Waals surface area contributed by atoms with Gasteiger partial charge in [-0.25, -0.2) is 9.50 Å². The number of methoxy groups -OCH3 is 2. The van der Waals surface area contributed by atoms with E-state index >= 15 is 0 Å². The van der Waals surface area contributed by atoms with E-state index in [0.29, 0.717) is 29.0 Å². The monoisotopic (exact) mass is 522 g/mol. The zero-order valence-electron chi connectivity index (χ0n) is 21.2. The predicted molar refractivity (Wildman–Crippen MR) is 147 cm³/mol. The van der Waals surface area contributed by atoms with Gasteiger partial charge in [0, 0.05) is 55.1 Å². The number of anilines is 3. The number of β-amino-alcohol motifs (C(OH)–C–C–N with tert-alkyl or cyclic N) is 1. The molecule has 5 rings (SSSR count). The average molecular weight is 523 g/mol. The van der Waals surface area contributed by atoms with Gasteiger partial charge in [-0.2, -0.15) is 0 Å². The van der Waals surface area contributed by atoms with Gasteiger partial charge < -0.3 is 24.8 Å². The Labute approximate surface area is 221 Å². The molecule has 0 spiro atoms. The maximum atomic E-state index is 9.66. The van der Waals surface area contributed by atoms with E-state index in [2.05, 4.69) is 26.2 Å². The van der Waals surface area contributed by atoms with Crippen molar-refractivity contribution in [2.45, 2.75) is 13.0 Å². The van der Waals surface area contributed by atoms with Gasteiger partial charge >= 0.3 is 0 Å². The molecule has 194 valence electrons. The van der Waals surface area contributed by atoms with Gasteiger partial charge in [0.1, 0.15) is 11.5 Å². The van der Waals surface area contributed by atoms with E-state index in [1.807, 2.05) is 47.8 Å². The summed E-state index contributed by atoms with van der Waals surface area (Å²) in [4.78, 5) is 9.12. The van der Waals surface area contributed by atoms with Crippen LogP contribution in [0.25, 0.3) is 16.8 Å². The van der Waals surface area contributed by atoms with Crippen molar-refractivity contribution >= 4 is 34.4 Å². The highest BCUT2D eigenvalue weighted by Crippen LogP contribution is 2.34. The second-order valence-electron chi connectivity index (χ2n) is 9.13. The number of hydrogen-bond acceptors (Lipinski definition) is 8. The fourth-order valence-corrected chi connectivity index (χ4v) is 4.88. The molecular weight excluding hydrogens is 492 g/mol. The van der Waals surface area contributed by atoms with Crippen molar-refractivity contribution in [3.05, 3.63) is 59.8 Å². The van der Waals surface area contributed by atoms with Gasteiger partial charge in [-0.15, -0.1) is 5.10 Å². The van der Waals surface area contributed by atoms with Crippen LogP contribution < -0.4 is 19.7 Å². The topological polar surface area (TPSA) is 87.4 Å². The van der Waals surface area contributed by atoms with Crippen molar-refractivity contribution in [3.63, 3.8) is 0 Å².